The van der Waals surface area contributed by atoms with Crippen LogP contribution in [0.1, 0.15) is 31.4 Å². The highest BCUT2D eigenvalue weighted by atomic mass is 79.9. The molecule has 20 heavy (non-hydrogen) atoms. The number of nitrogens with one attached hydrogen (secondary N) is 2. The summed E-state index contributed by atoms with van der Waals surface area (Å²) in [5.74, 6) is 0.397. The molecule has 0 atom stereocenters. The van der Waals surface area contributed by atoms with E-state index < -0.39 is 0 Å². The molecule has 1 aromatic heterocycles. The topological polar surface area (TPSA) is 74.2 Å². The number of anilines is 1. The first kappa shape index (κ1) is 15.3. The molecule has 0 spiro atoms. The first-order chi connectivity index (χ1) is 9.58. The lowest BCUT2D eigenvalue weighted by Gasteiger charge is -2.28. The van der Waals surface area contributed by atoms with E-state index in [1.54, 1.807) is 6.07 Å². The summed E-state index contributed by atoms with van der Waals surface area (Å²) in [7, 11) is 0. The fourth-order valence-corrected chi connectivity index (χ4v) is 2.89. The molecule has 1 fully saturated rings. The largest absolute Gasteiger partial charge is 0.396 e. The van der Waals surface area contributed by atoms with Crippen molar-refractivity contribution in [3.05, 3.63) is 22.4 Å². The van der Waals surface area contributed by atoms with E-state index in [0.717, 1.165) is 41.7 Å². The van der Waals surface area contributed by atoms with Gasteiger partial charge in [0, 0.05) is 12.6 Å². The standard InChI is InChI=1S/C14H20BrN3O2/c1-9-12(6-7-13(15)16-9)18-14(20)17-11-4-2-10(8-19)3-5-11/h6-7,10-11,19H,2-5,8H2,1H3,(H2,17,18,20). The van der Waals surface area contributed by atoms with Crippen LogP contribution in [0.25, 0.3) is 0 Å². The van der Waals surface area contributed by atoms with Crippen molar-refractivity contribution in [3.8, 4) is 0 Å². The van der Waals surface area contributed by atoms with Gasteiger partial charge in [0.1, 0.15) is 4.60 Å². The Morgan fingerprint density at radius 3 is 2.70 bits per heavy atom. The third-order valence-corrected chi connectivity index (χ3v) is 4.18. The Morgan fingerprint density at radius 2 is 2.10 bits per heavy atom. The van der Waals surface area contributed by atoms with Crippen molar-refractivity contribution in [2.24, 2.45) is 5.92 Å². The van der Waals surface area contributed by atoms with Gasteiger partial charge in [-0.15, -0.1) is 0 Å². The summed E-state index contributed by atoms with van der Waals surface area (Å²) in [6.07, 6.45) is 3.80. The molecule has 3 N–H and O–H groups in total. The zero-order valence-electron chi connectivity index (χ0n) is 11.5. The van der Waals surface area contributed by atoms with Crippen molar-refractivity contribution in [2.45, 2.75) is 38.6 Å². The van der Waals surface area contributed by atoms with Gasteiger partial charge in [-0.2, -0.15) is 0 Å². The molecule has 0 unspecified atom stereocenters. The number of aryl methyl sites for hydroxylation is 1. The molecule has 2 amide bonds. The van der Waals surface area contributed by atoms with E-state index in [9.17, 15) is 4.79 Å². The number of hydrogen-bond acceptors (Lipinski definition) is 3. The van der Waals surface area contributed by atoms with Crippen LogP contribution >= 0.6 is 15.9 Å². The van der Waals surface area contributed by atoms with Gasteiger partial charge in [0.15, 0.2) is 0 Å². The van der Waals surface area contributed by atoms with Gasteiger partial charge in [-0.25, -0.2) is 9.78 Å². The van der Waals surface area contributed by atoms with Gasteiger partial charge in [0.2, 0.25) is 0 Å². The summed E-state index contributed by atoms with van der Waals surface area (Å²) in [6, 6.07) is 3.63. The molecule has 1 aliphatic rings. The second-order valence-electron chi connectivity index (χ2n) is 5.27. The molecule has 2 rings (SSSR count). The molecule has 1 aliphatic carbocycles. The minimum absolute atomic E-state index is 0.190. The molecule has 5 nitrogen and oxygen atoms in total. The van der Waals surface area contributed by atoms with Crippen LogP contribution in [-0.4, -0.2) is 28.8 Å². The van der Waals surface area contributed by atoms with Gasteiger partial charge in [-0.3, -0.25) is 0 Å². The van der Waals surface area contributed by atoms with Crippen LogP contribution in [0, 0.1) is 12.8 Å². The van der Waals surface area contributed by atoms with E-state index in [4.69, 9.17) is 5.11 Å². The number of carbonyl (C=O) groups excluding carboxylic acids is 1. The number of halogens is 1. The van der Waals surface area contributed by atoms with Crippen molar-refractivity contribution >= 4 is 27.6 Å². The maximum absolute atomic E-state index is 12.0. The van der Waals surface area contributed by atoms with E-state index in [0.29, 0.717) is 5.92 Å². The predicted octanol–water partition coefficient (Wildman–Crippen LogP) is 2.83. The fourth-order valence-electron chi connectivity index (χ4n) is 2.50. The van der Waals surface area contributed by atoms with Gasteiger partial charge in [0.05, 0.1) is 11.4 Å². The highest BCUT2D eigenvalue weighted by Gasteiger charge is 2.21. The van der Waals surface area contributed by atoms with Gasteiger partial charge in [-0.05, 0) is 66.6 Å². The van der Waals surface area contributed by atoms with Crippen LogP contribution in [-0.2, 0) is 0 Å². The number of urea groups is 1. The lowest BCUT2D eigenvalue weighted by molar-refractivity contribution is 0.176. The maximum Gasteiger partial charge on any atom is 0.319 e. The number of nitrogens with zero attached hydrogens (tertiary/aromatic N) is 1. The number of amides is 2. The highest BCUT2D eigenvalue weighted by Crippen LogP contribution is 2.24. The number of pyridine rings is 1. The Balaban J connectivity index is 1.84. The van der Waals surface area contributed by atoms with E-state index in [-0.39, 0.29) is 18.7 Å². The first-order valence-corrected chi connectivity index (χ1v) is 7.69. The monoisotopic (exact) mass is 341 g/mol. The Bertz CT molecular complexity index is 473. The highest BCUT2D eigenvalue weighted by molar-refractivity contribution is 9.10. The van der Waals surface area contributed by atoms with Crippen LogP contribution in [0.15, 0.2) is 16.7 Å². The van der Waals surface area contributed by atoms with Crippen LogP contribution in [0.5, 0.6) is 0 Å². The van der Waals surface area contributed by atoms with Crippen LogP contribution in [0.2, 0.25) is 0 Å². The molecular weight excluding hydrogens is 322 g/mol. The summed E-state index contributed by atoms with van der Waals surface area (Å²) in [6.45, 7) is 2.11. The second kappa shape index (κ2) is 7.04. The summed E-state index contributed by atoms with van der Waals surface area (Å²) < 4.78 is 0.753. The predicted molar refractivity (Wildman–Crippen MR) is 81.7 cm³/mol. The number of aliphatic hydroxyl groups excluding tert-OH is 1. The number of hydrogen-bond donors (Lipinski definition) is 3. The van der Waals surface area contributed by atoms with E-state index in [1.807, 2.05) is 13.0 Å². The van der Waals surface area contributed by atoms with Crippen molar-refractivity contribution in [3.63, 3.8) is 0 Å². The minimum atomic E-state index is -0.190. The lowest BCUT2D eigenvalue weighted by atomic mass is 9.87. The van der Waals surface area contributed by atoms with Crippen LogP contribution in [0.3, 0.4) is 0 Å². The molecule has 1 heterocycles. The van der Waals surface area contributed by atoms with Crippen molar-refractivity contribution in [1.82, 2.24) is 10.3 Å². The molecule has 6 heteroatoms. The summed E-state index contributed by atoms with van der Waals surface area (Å²) in [4.78, 5) is 16.2. The van der Waals surface area contributed by atoms with Gasteiger partial charge >= 0.3 is 6.03 Å². The molecule has 0 radical (unpaired) electrons. The normalized spacial score (nSPS) is 22.4. The zero-order chi connectivity index (χ0) is 14.5. The maximum atomic E-state index is 12.0. The fraction of sp³-hybridized carbons (Fsp3) is 0.571. The molecule has 0 bridgehead atoms. The first-order valence-electron chi connectivity index (χ1n) is 6.90. The Morgan fingerprint density at radius 1 is 1.40 bits per heavy atom. The van der Waals surface area contributed by atoms with Crippen LogP contribution < -0.4 is 10.6 Å². The van der Waals surface area contributed by atoms with Crippen molar-refractivity contribution < 1.29 is 9.90 Å². The molecule has 110 valence electrons. The van der Waals surface area contributed by atoms with Crippen molar-refractivity contribution in [1.29, 1.82) is 0 Å². The smallest absolute Gasteiger partial charge is 0.319 e. The van der Waals surface area contributed by atoms with E-state index >= 15 is 0 Å². The minimum Gasteiger partial charge on any atom is -0.396 e. The zero-order valence-corrected chi connectivity index (χ0v) is 13.1. The molecule has 0 aliphatic heterocycles. The van der Waals surface area contributed by atoms with Gasteiger partial charge in [0.25, 0.3) is 0 Å². The third kappa shape index (κ3) is 4.18. The Labute approximate surface area is 127 Å². The second-order valence-corrected chi connectivity index (χ2v) is 6.08. The summed E-state index contributed by atoms with van der Waals surface area (Å²) in [5, 5.41) is 14.9. The van der Waals surface area contributed by atoms with Crippen LogP contribution in [0.4, 0.5) is 10.5 Å². The molecular formula is C14H20BrN3O2. The number of aliphatic hydroxyl groups is 1. The van der Waals surface area contributed by atoms with Gasteiger partial charge in [-0.1, -0.05) is 0 Å². The lowest BCUT2D eigenvalue weighted by Crippen LogP contribution is -2.40. The molecule has 0 aromatic carbocycles. The average Bonchev–Trinajstić information content (AvgIpc) is 2.43. The van der Waals surface area contributed by atoms with Crippen molar-refractivity contribution in [2.75, 3.05) is 11.9 Å². The summed E-state index contributed by atoms with van der Waals surface area (Å²) in [5.41, 5.74) is 1.49. The summed E-state index contributed by atoms with van der Waals surface area (Å²) >= 11 is 3.29. The van der Waals surface area contributed by atoms with E-state index in [2.05, 4.69) is 31.5 Å². The number of rotatable bonds is 3. The number of aromatic nitrogens is 1. The Hall–Kier alpha value is -1.14. The molecule has 1 aromatic rings. The SMILES string of the molecule is Cc1nc(Br)ccc1NC(=O)NC1CCC(CO)CC1. The third-order valence-electron chi connectivity index (χ3n) is 3.74. The quantitative estimate of drug-likeness (QED) is 0.740. The molecule has 0 saturated heterocycles. The Kier molecular flexibility index (Phi) is 5.37. The van der Waals surface area contributed by atoms with Gasteiger partial charge < -0.3 is 15.7 Å². The average molecular weight is 342 g/mol. The number of carbonyl (C=O) groups is 1. The molecule has 1 saturated carbocycles. The van der Waals surface area contributed by atoms with E-state index in [1.165, 1.54) is 0 Å².